The summed E-state index contributed by atoms with van der Waals surface area (Å²) in [5.41, 5.74) is 1.70. The zero-order valence-corrected chi connectivity index (χ0v) is 17.6. The number of furan rings is 1. The van der Waals surface area contributed by atoms with Gasteiger partial charge in [-0.25, -0.2) is 0 Å². The summed E-state index contributed by atoms with van der Waals surface area (Å²) in [6.45, 7) is 0.500. The van der Waals surface area contributed by atoms with Gasteiger partial charge in [0.2, 0.25) is 0 Å². The monoisotopic (exact) mass is 450 g/mol. The van der Waals surface area contributed by atoms with Crippen molar-refractivity contribution in [1.82, 2.24) is 29.9 Å². The number of hydrogen-bond acceptors (Lipinski definition) is 8. The highest BCUT2D eigenvalue weighted by Gasteiger charge is 2.17. The minimum atomic E-state index is 0.424. The smallest absolute Gasteiger partial charge is 0.258 e. The van der Waals surface area contributed by atoms with Crippen molar-refractivity contribution in [2.75, 3.05) is 0 Å². The maximum Gasteiger partial charge on any atom is 0.258 e. The van der Waals surface area contributed by atoms with Crippen LogP contribution in [-0.4, -0.2) is 29.9 Å². The molecule has 0 aliphatic rings. The zero-order chi connectivity index (χ0) is 21.0. The van der Waals surface area contributed by atoms with E-state index in [4.69, 9.17) is 20.5 Å². The molecule has 31 heavy (non-hydrogen) atoms. The summed E-state index contributed by atoms with van der Waals surface area (Å²) in [7, 11) is 0. The molecule has 154 valence electrons. The second-order valence-corrected chi connectivity index (χ2v) is 7.90. The minimum absolute atomic E-state index is 0.424. The second-order valence-electron chi connectivity index (χ2n) is 6.52. The van der Waals surface area contributed by atoms with Gasteiger partial charge in [0.25, 0.3) is 5.89 Å². The van der Waals surface area contributed by atoms with E-state index in [9.17, 15) is 0 Å². The quantitative estimate of drug-likeness (QED) is 0.320. The molecule has 0 saturated heterocycles. The van der Waals surface area contributed by atoms with Gasteiger partial charge < -0.3 is 8.94 Å². The molecule has 0 aliphatic carbocycles. The Balaban J connectivity index is 1.39. The van der Waals surface area contributed by atoms with Crippen molar-refractivity contribution in [3.63, 3.8) is 0 Å². The Hall–Kier alpha value is -3.43. The molecule has 0 radical (unpaired) electrons. The molecule has 0 saturated carbocycles. The number of pyridine rings is 1. The van der Waals surface area contributed by atoms with Gasteiger partial charge in [0.05, 0.1) is 18.6 Å². The number of benzene rings is 1. The highest BCUT2D eigenvalue weighted by Crippen LogP contribution is 2.28. The molecule has 0 unspecified atom stereocenters. The molecule has 0 fully saturated rings. The van der Waals surface area contributed by atoms with Crippen LogP contribution in [0.3, 0.4) is 0 Å². The molecule has 5 aromatic rings. The van der Waals surface area contributed by atoms with Crippen molar-refractivity contribution in [2.45, 2.75) is 17.5 Å². The van der Waals surface area contributed by atoms with Crippen LogP contribution in [0.5, 0.6) is 0 Å². The van der Waals surface area contributed by atoms with Crippen molar-refractivity contribution in [3.8, 4) is 22.8 Å². The Morgan fingerprint density at radius 2 is 1.90 bits per heavy atom. The van der Waals surface area contributed by atoms with Crippen molar-refractivity contribution >= 4 is 23.4 Å². The number of hydrogen-bond donors (Lipinski definition) is 0. The number of thioether (sulfide) groups is 1. The first-order valence-electron chi connectivity index (χ1n) is 9.33. The van der Waals surface area contributed by atoms with E-state index < -0.39 is 0 Å². The molecule has 10 heteroatoms. The Morgan fingerprint density at radius 1 is 1.00 bits per heavy atom. The molecule has 0 atom stereocenters. The van der Waals surface area contributed by atoms with Crippen LogP contribution in [0.25, 0.3) is 22.8 Å². The van der Waals surface area contributed by atoms with E-state index in [2.05, 4.69) is 25.3 Å². The Bertz CT molecular complexity index is 1290. The third-order valence-corrected chi connectivity index (χ3v) is 5.62. The highest BCUT2D eigenvalue weighted by molar-refractivity contribution is 7.98. The minimum Gasteiger partial charge on any atom is -0.467 e. The fourth-order valence-corrected chi connectivity index (χ4v) is 3.96. The van der Waals surface area contributed by atoms with Gasteiger partial charge in [-0.1, -0.05) is 34.6 Å². The maximum absolute atomic E-state index is 6.05. The molecule has 0 bridgehead atoms. The highest BCUT2D eigenvalue weighted by atomic mass is 35.5. The fourth-order valence-electron chi connectivity index (χ4n) is 2.99. The van der Waals surface area contributed by atoms with Crippen LogP contribution >= 0.6 is 23.4 Å². The fraction of sp³-hybridized carbons (Fsp3) is 0.0952. The standard InChI is InChI=1S/C21H15ClN6O2S/c22-16-4-1-3-15(11-16)20-24-18(27-30-20)13-31-21-26-25-19(14-6-8-23-9-7-14)28(21)12-17-5-2-10-29-17/h1-11H,12-13H2. The van der Waals surface area contributed by atoms with Crippen LogP contribution in [0.1, 0.15) is 11.6 Å². The Morgan fingerprint density at radius 3 is 2.71 bits per heavy atom. The molecular formula is C21H15ClN6O2S. The summed E-state index contributed by atoms with van der Waals surface area (Å²) in [6, 6.07) is 14.9. The molecule has 0 aliphatic heterocycles. The Kier molecular flexibility index (Phi) is 5.51. The van der Waals surface area contributed by atoms with Crippen LogP contribution in [0.2, 0.25) is 5.02 Å². The van der Waals surface area contributed by atoms with E-state index in [1.165, 1.54) is 11.8 Å². The van der Waals surface area contributed by atoms with Gasteiger partial charge in [-0.3, -0.25) is 9.55 Å². The molecule has 0 amide bonds. The van der Waals surface area contributed by atoms with Crippen molar-refractivity contribution in [3.05, 3.63) is 83.8 Å². The summed E-state index contributed by atoms with van der Waals surface area (Å²) >= 11 is 7.52. The van der Waals surface area contributed by atoms with Crippen LogP contribution in [-0.2, 0) is 12.3 Å². The summed E-state index contributed by atoms with van der Waals surface area (Å²) < 4.78 is 12.9. The van der Waals surface area contributed by atoms with Gasteiger partial charge in [0.15, 0.2) is 16.8 Å². The maximum atomic E-state index is 6.05. The van der Waals surface area contributed by atoms with E-state index in [1.807, 2.05) is 41.0 Å². The van der Waals surface area contributed by atoms with Gasteiger partial charge >= 0.3 is 0 Å². The molecule has 4 aromatic heterocycles. The molecule has 4 heterocycles. The van der Waals surface area contributed by atoms with Gasteiger partial charge in [0.1, 0.15) is 5.76 Å². The van der Waals surface area contributed by atoms with Crippen LogP contribution < -0.4 is 0 Å². The normalized spacial score (nSPS) is 11.1. The lowest BCUT2D eigenvalue weighted by atomic mass is 10.2. The van der Waals surface area contributed by atoms with Crippen LogP contribution in [0.4, 0.5) is 0 Å². The van der Waals surface area contributed by atoms with E-state index in [1.54, 1.807) is 30.8 Å². The summed E-state index contributed by atoms with van der Waals surface area (Å²) in [4.78, 5) is 8.54. The number of aromatic nitrogens is 6. The molecule has 0 spiro atoms. The van der Waals surface area contributed by atoms with Crippen molar-refractivity contribution in [2.24, 2.45) is 0 Å². The third-order valence-electron chi connectivity index (χ3n) is 4.42. The van der Waals surface area contributed by atoms with E-state index in [-0.39, 0.29) is 0 Å². The van der Waals surface area contributed by atoms with Crippen LogP contribution in [0, 0.1) is 0 Å². The summed E-state index contributed by atoms with van der Waals surface area (Å²) in [5.74, 6) is 2.98. The molecule has 1 aromatic carbocycles. The van der Waals surface area contributed by atoms with Crippen molar-refractivity contribution < 1.29 is 8.94 Å². The number of halogens is 1. The average molecular weight is 451 g/mol. The second kappa shape index (κ2) is 8.75. The summed E-state index contributed by atoms with van der Waals surface area (Å²) in [5, 5.41) is 14.2. The van der Waals surface area contributed by atoms with Gasteiger partial charge in [0, 0.05) is 28.5 Å². The van der Waals surface area contributed by atoms with E-state index in [0.29, 0.717) is 29.0 Å². The van der Waals surface area contributed by atoms with Gasteiger partial charge in [-0.05, 0) is 42.5 Å². The number of rotatable bonds is 7. The van der Waals surface area contributed by atoms with Crippen molar-refractivity contribution in [1.29, 1.82) is 0 Å². The van der Waals surface area contributed by atoms with E-state index in [0.717, 1.165) is 27.9 Å². The first-order chi connectivity index (χ1) is 15.3. The molecule has 8 nitrogen and oxygen atoms in total. The molecular weight excluding hydrogens is 436 g/mol. The Labute approximate surface area is 186 Å². The molecule has 5 rings (SSSR count). The summed E-state index contributed by atoms with van der Waals surface area (Å²) in [6.07, 6.45) is 5.10. The number of nitrogens with zero attached hydrogens (tertiary/aromatic N) is 6. The predicted octanol–water partition coefficient (Wildman–Crippen LogP) is 4.98. The average Bonchev–Trinajstić information content (AvgIpc) is 3.55. The SMILES string of the molecule is Clc1cccc(-c2nc(CSc3nnc(-c4ccncc4)n3Cc3ccco3)no2)c1. The lowest BCUT2D eigenvalue weighted by Crippen LogP contribution is -2.03. The van der Waals surface area contributed by atoms with Crippen LogP contribution in [0.15, 0.2) is 81.3 Å². The lowest BCUT2D eigenvalue weighted by molar-refractivity contribution is 0.425. The first kappa shape index (κ1) is 19.5. The first-order valence-corrected chi connectivity index (χ1v) is 10.7. The lowest BCUT2D eigenvalue weighted by Gasteiger charge is -2.08. The topological polar surface area (TPSA) is 95.7 Å². The zero-order valence-electron chi connectivity index (χ0n) is 16.1. The third kappa shape index (κ3) is 4.37. The molecule has 0 N–H and O–H groups in total. The predicted molar refractivity (Wildman–Crippen MR) is 115 cm³/mol. The van der Waals surface area contributed by atoms with Gasteiger partial charge in [-0.2, -0.15) is 4.98 Å². The largest absolute Gasteiger partial charge is 0.467 e. The van der Waals surface area contributed by atoms with Gasteiger partial charge in [-0.15, -0.1) is 10.2 Å². The van der Waals surface area contributed by atoms with E-state index >= 15 is 0 Å².